The van der Waals surface area contributed by atoms with Crippen LogP contribution in [-0.4, -0.2) is 19.5 Å². The molecule has 24 heavy (non-hydrogen) atoms. The van der Waals surface area contributed by atoms with E-state index in [1.165, 1.54) is 22.3 Å². The monoisotopic (exact) mass is 334 g/mol. The van der Waals surface area contributed by atoms with Gasteiger partial charge in [-0.2, -0.15) is 0 Å². The fraction of sp³-hybridized carbons (Fsp3) is 0.636. The van der Waals surface area contributed by atoms with Crippen LogP contribution in [0.1, 0.15) is 74.1 Å². The minimum absolute atomic E-state index is 0.173. The van der Waals surface area contributed by atoms with Gasteiger partial charge in [-0.15, -0.1) is 0 Å². The predicted molar refractivity (Wildman–Crippen MR) is 106 cm³/mol. The Hall–Kier alpha value is -1.12. The third-order valence-electron chi connectivity index (χ3n) is 3.71. The minimum atomic E-state index is -0.173. The summed E-state index contributed by atoms with van der Waals surface area (Å²) in [5, 5.41) is 0. The van der Waals surface area contributed by atoms with Gasteiger partial charge in [0, 0.05) is 0 Å². The van der Waals surface area contributed by atoms with Crippen LogP contribution in [0.15, 0.2) is 46.6 Å². The van der Waals surface area contributed by atoms with Gasteiger partial charge in [-0.05, 0) is 74.1 Å². The largest absolute Gasteiger partial charge is 0.349 e. The summed E-state index contributed by atoms with van der Waals surface area (Å²) in [7, 11) is 0. The molecule has 0 rings (SSSR count). The zero-order valence-corrected chi connectivity index (χ0v) is 16.9. The second kappa shape index (κ2) is 14.2. The van der Waals surface area contributed by atoms with Crippen LogP contribution in [0, 0.1) is 0 Å². The van der Waals surface area contributed by atoms with Crippen LogP contribution in [0.25, 0.3) is 0 Å². The first-order valence-electron chi connectivity index (χ1n) is 9.12. The lowest BCUT2D eigenvalue weighted by Gasteiger charge is -2.12. The van der Waals surface area contributed by atoms with Gasteiger partial charge in [0.2, 0.25) is 0 Å². The molecule has 0 saturated carbocycles. The summed E-state index contributed by atoms with van der Waals surface area (Å²) >= 11 is 0. The van der Waals surface area contributed by atoms with Crippen molar-refractivity contribution in [1.29, 1.82) is 0 Å². The van der Waals surface area contributed by atoms with Gasteiger partial charge in [0.25, 0.3) is 0 Å². The Labute approximate surface area is 150 Å². The highest BCUT2D eigenvalue weighted by Gasteiger charge is 2.00. The lowest BCUT2D eigenvalue weighted by Crippen LogP contribution is -2.13. The molecule has 0 heterocycles. The fourth-order valence-corrected chi connectivity index (χ4v) is 2.08. The number of hydrogen-bond donors (Lipinski definition) is 0. The Bertz CT molecular complexity index is 403. The van der Waals surface area contributed by atoms with E-state index in [-0.39, 0.29) is 6.29 Å². The van der Waals surface area contributed by atoms with Gasteiger partial charge >= 0.3 is 0 Å². The van der Waals surface area contributed by atoms with Gasteiger partial charge in [-0.1, -0.05) is 46.6 Å². The van der Waals surface area contributed by atoms with Crippen molar-refractivity contribution in [3.05, 3.63) is 46.6 Å². The molecule has 138 valence electrons. The van der Waals surface area contributed by atoms with E-state index in [1.807, 2.05) is 6.92 Å². The Morgan fingerprint density at radius 3 is 1.38 bits per heavy atom. The summed E-state index contributed by atoms with van der Waals surface area (Å²) in [5.41, 5.74) is 5.50. The molecule has 0 aliphatic heterocycles. The first-order valence-corrected chi connectivity index (χ1v) is 9.12. The molecule has 0 radical (unpaired) electrons. The van der Waals surface area contributed by atoms with Gasteiger partial charge in [0.15, 0.2) is 6.29 Å². The maximum Gasteiger partial charge on any atom is 0.155 e. The summed E-state index contributed by atoms with van der Waals surface area (Å²) < 4.78 is 11.4. The molecular formula is C22H38O2. The predicted octanol–water partition coefficient (Wildman–Crippen LogP) is 6.75. The van der Waals surface area contributed by atoms with E-state index in [9.17, 15) is 0 Å². The number of ether oxygens (including phenoxy) is 2. The molecule has 1 atom stereocenters. The third-order valence-corrected chi connectivity index (χ3v) is 3.71. The molecule has 0 aromatic heterocycles. The minimum Gasteiger partial charge on any atom is -0.349 e. The quantitative estimate of drug-likeness (QED) is 0.290. The van der Waals surface area contributed by atoms with Gasteiger partial charge in [-0.3, -0.25) is 0 Å². The normalized spacial score (nSPS) is 13.6. The molecule has 2 nitrogen and oxygen atoms in total. The van der Waals surface area contributed by atoms with E-state index in [0.29, 0.717) is 13.2 Å². The fourth-order valence-electron chi connectivity index (χ4n) is 2.08. The van der Waals surface area contributed by atoms with Crippen LogP contribution in [0.5, 0.6) is 0 Å². The summed E-state index contributed by atoms with van der Waals surface area (Å²) in [6.45, 7) is 16.1. The van der Waals surface area contributed by atoms with Crippen molar-refractivity contribution in [3.63, 3.8) is 0 Å². The van der Waals surface area contributed by atoms with Crippen LogP contribution < -0.4 is 0 Å². The van der Waals surface area contributed by atoms with E-state index >= 15 is 0 Å². The summed E-state index contributed by atoms with van der Waals surface area (Å²) in [6.07, 6.45) is 13.1. The molecular weight excluding hydrogens is 296 g/mol. The molecule has 0 aliphatic carbocycles. The van der Waals surface area contributed by atoms with Crippen molar-refractivity contribution in [2.45, 2.75) is 80.4 Å². The second-order valence-electron chi connectivity index (χ2n) is 6.98. The molecule has 2 heteroatoms. The van der Waals surface area contributed by atoms with E-state index in [2.05, 4.69) is 65.8 Å². The SMILES string of the molecule is CC(C)=CCC/C(C)=C\COC(C)OC/C=C(\C)CCC=C(C)C. The maximum absolute atomic E-state index is 5.68. The van der Waals surface area contributed by atoms with E-state index in [4.69, 9.17) is 9.47 Å². The number of allylic oxidation sites excluding steroid dienone is 6. The number of rotatable bonds is 12. The smallest absolute Gasteiger partial charge is 0.155 e. The summed E-state index contributed by atoms with van der Waals surface area (Å²) in [6, 6.07) is 0. The van der Waals surface area contributed by atoms with Gasteiger partial charge < -0.3 is 9.47 Å². The lowest BCUT2D eigenvalue weighted by atomic mass is 10.1. The average molecular weight is 335 g/mol. The number of hydrogen-bond acceptors (Lipinski definition) is 2. The maximum atomic E-state index is 5.68. The highest BCUT2D eigenvalue weighted by molar-refractivity contribution is 5.03. The van der Waals surface area contributed by atoms with Crippen LogP contribution >= 0.6 is 0 Å². The Kier molecular flexibility index (Phi) is 13.6. The highest BCUT2D eigenvalue weighted by Crippen LogP contribution is 2.08. The highest BCUT2D eigenvalue weighted by atomic mass is 16.7. The molecule has 0 spiro atoms. The zero-order chi connectivity index (χ0) is 18.4. The Balaban J connectivity index is 3.87. The second-order valence-corrected chi connectivity index (χ2v) is 6.98. The lowest BCUT2D eigenvalue weighted by molar-refractivity contribution is -0.114. The average Bonchev–Trinajstić information content (AvgIpc) is 2.46. The van der Waals surface area contributed by atoms with Crippen LogP contribution in [0.3, 0.4) is 0 Å². The van der Waals surface area contributed by atoms with Crippen molar-refractivity contribution in [2.75, 3.05) is 13.2 Å². The van der Waals surface area contributed by atoms with Gasteiger partial charge in [0.05, 0.1) is 13.2 Å². The first kappa shape index (κ1) is 22.9. The van der Waals surface area contributed by atoms with E-state index in [0.717, 1.165) is 25.7 Å². The van der Waals surface area contributed by atoms with Crippen LogP contribution in [-0.2, 0) is 9.47 Å². The summed E-state index contributed by atoms with van der Waals surface area (Å²) in [4.78, 5) is 0. The molecule has 0 bridgehead atoms. The molecule has 0 N–H and O–H groups in total. The van der Waals surface area contributed by atoms with Gasteiger partial charge in [0.1, 0.15) is 0 Å². The van der Waals surface area contributed by atoms with E-state index in [1.54, 1.807) is 0 Å². The molecule has 0 saturated heterocycles. The van der Waals surface area contributed by atoms with Crippen molar-refractivity contribution >= 4 is 0 Å². The zero-order valence-electron chi connectivity index (χ0n) is 16.9. The standard InChI is InChI=1S/C22H38O2/c1-18(2)10-8-12-20(5)14-16-23-22(7)24-17-15-21(6)13-9-11-19(3)4/h10-11,14-15,22H,8-9,12-13,16-17H2,1-7H3/b20-14-,21-15+. The third kappa shape index (κ3) is 15.8. The molecule has 1 unspecified atom stereocenters. The van der Waals surface area contributed by atoms with Crippen molar-refractivity contribution in [3.8, 4) is 0 Å². The molecule has 0 fully saturated rings. The molecule has 0 aromatic carbocycles. The van der Waals surface area contributed by atoms with Crippen LogP contribution in [0.4, 0.5) is 0 Å². The van der Waals surface area contributed by atoms with Crippen molar-refractivity contribution < 1.29 is 9.47 Å². The first-order chi connectivity index (χ1) is 11.3. The Morgan fingerprint density at radius 1 is 0.667 bits per heavy atom. The van der Waals surface area contributed by atoms with Crippen LogP contribution in [0.2, 0.25) is 0 Å². The molecule has 0 aliphatic rings. The summed E-state index contributed by atoms with van der Waals surface area (Å²) in [5.74, 6) is 0. The topological polar surface area (TPSA) is 18.5 Å². The molecule has 0 amide bonds. The van der Waals surface area contributed by atoms with E-state index < -0.39 is 0 Å². The Morgan fingerprint density at radius 2 is 1.04 bits per heavy atom. The van der Waals surface area contributed by atoms with Gasteiger partial charge in [-0.25, -0.2) is 0 Å². The molecule has 0 aromatic rings. The van der Waals surface area contributed by atoms with Crippen molar-refractivity contribution in [1.82, 2.24) is 0 Å². The van der Waals surface area contributed by atoms with Crippen molar-refractivity contribution in [2.24, 2.45) is 0 Å².